The molecule has 0 fully saturated rings. The number of nitro groups is 1. The number of aromatic nitrogens is 6. The molecule has 3 aromatic rings. The average molecular weight is 564 g/mol. The zero-order valence-corrected chi connectivity index (χ0v) is 20.8. The number of nitrogens with zero attached hydrogens (tertiary/aromatic N) is 4. The summed E-state index contributed by atoms with van der Waals surface area (Å²) in [7, 11) is 0. The van der Waals surface area contributed by atoms with E-state index in [2.05, 4.69) is 46.5 Å². The standard InChI is InChI=1S/C20H24N10O10/c1-2-39-20(19(34)35)40-6-5-38-4-3-21-16(31)10-7-13(27-24-10)22-17(32)11-8-14(28-25-11)23-18(33)12-9-15(29-26-12)30(36)37/h7-9,20H,2-6H2,1H3,(H,21,31)(H,26,29)(H,34,35)(H2,22,24,27,32)(H2,23,25,28,33). The number of aliphatic carboxylic acids is 1. The number of carboxylic acids is 1. The van der Waals surface area contributed by atoms with Gasteiger partial charge in [0, 0.05) is 25.3 Å². The Morgan fingerprint density at radius 2 is 1.57 bits per heavy atom. The summed E-state index contributed by atoms with van der Waals surface area (Å²) in [6.07, 6.45) is -1.37. The van der Waals surface area contributed by atoms with Gasteiger partial charge in [0.05, 0.1) is 25.9 Å². The number of anilines is 2. The molecule has 0 aliphatic carbocycles. The number of hydrogen-bond donors (Lipinski definition) is 7. The SMILES string of the molecule is CCOC(OCCOCCNC(=O)c1cc(NC(=O)c2cc(NC(=O)c3cc([N+](=O)[O-])[nH]n3)n[nH]2)n[nH]1)C(=O)O. The molecule has 0 bridgehead atoms. The minimum atomic E-state index is -1.37. The molecular formula is C20H24N10O10. The molecular weight excluding hydrogens is 540 g/mol. The van der Waals surface area contributed by atoms with Crippen LogP contribution in [0.15, 0.2) is 18.2 Å². The molecule has 0 aromatic carbocycles. The van der Waals surface area contributed by atoms with E-state index < -0.39 is 40.7 Å². The van der Waals surface area contributed by atoms with Crippen molar-refractivity contribution in [2.75, 3.05) is 43.6 Å². The van der Waals surface area contributed by atoms with Gasteiger partial charge in [0.25, 0.3) is 24.0 Å². The number of hydrogen-bond acceptors (Lipinski definition) is 12. The highest BCUT2D eigenvalue weighted by Crippen LogP contribution is 2.13. The summed E-state index contributed by atoms with van der Waals surface area (Å²) in [5.74, 6) is -3.75. The second kappa shape index (κ2) is 14.1. The van der Waals surface area contributed by atoms with Crippen LogP contribution < -0.4 is 16.0 Å². The molecule has 0 aliphatic heterocycles. The first-order valence-electron chi connectivity index (χ1n) is 11.4. The van der Waals surface area contributed by atoms with Crippen molar-refractivity contribution < 1.29 is 43.4 Å². The van der Waals surface area contributed by atoms with Crippen LogP contribution in [0.5, 0.6) is 0 Å². The average Bonchev–Trinajstić information content (AvgIpc) is 3.68. The summed E-state index contributed by atoms with van der Waals surface area (Å²) < 4.78 is 15.2. The lowest BCUT2D eigenvalue weighted by Crippen LogP contribution is -2.30. The molecule has 3 amide bonds. The summed E-state index contributed by atoms with van der Waals surface area (Å²) in [4.78, 5) is 57.7. The zero-order chi connectivity index (χ0) is 29.1. The van der Waals surface area contributed by atoms with Crippen LogP contribution in [-0.4, -0.2) is 104 Å². The lowest BCUT2D eigenvalue weighted by atomic mass is 10.3. The zero-order valence-electron chi connectivity index (χ0n) is 20.8. The maximum Gasteiger partial charge on any atom is 0.361 e. The van der Waals surface area contributed by atoms with Crippen LogP contribution >= 0.6 is 0 Å². The van der Waals surface area contributed by atoms with Crippen LogP contribution in [0.1, 0.15) is 38.4 Å². The maximum absolute atomic E-state index is 12.4. The van der Waals surface area contributed by atoms with Crippen LogP contribution in [0.4, 0.5) is 17.5 Å². The van der Waals surface area contributed by atoms with Crippen LogP contribution in [0.2, 0.25) is 0 Å². The number of carboxylic acid groups (broad SMARTS) is 1. The molecule has 0 radical (unpaired) electrons. The van der Waals surface area contributed by atoms with Gasteiger partial charge in [-0.15, -0.1) is 5.10 Å². The fourth-order valence-electron chi connectivity index (χ4n) is 2.88. The van der Waals surface area contributed by atoms with Crippen molar-refractivity contribution in [2.24, 2.45) is 0 Å². The Morgan fingerprint density at radius 3 is 2.17 bits per heavy atom. The minimum Gasteiger partial charge on any atom is -0.477 e. The molecule has 7 N–H and O–H groups in total. The number of carbonyl (C=O) groups is 4. The predicted octanol–water partition coefficient (Wildman–Crippen LogP) is -0.521. The van der Waals surface area contributed by atoms with E-state index in [0.717, 1.165) is 6.07 Å². The summed E-state index contributed by atoms with van der Waals surface area (Å²) in [6, 6.07) is 3.43. The summed E-state index contributed by atoms with van der Waals surface area (Å²) in [5, 5.41) is 45.0. The van der Waals surface area contributed by atoms with Gasteiger partial charge >= 0.3 is 11.8 Å². The molecule has 3 aromatic heterocycles. The van der Waals surface area contributed by atoms with Crippen molar-refractivity contribution >= 4 is 41.1 Å². The summed E-state index contributed by atoms with van der Waals surface area (Å²) in [5.41, 5.74) is -0.269. The van der Waals surface area contributed by atoms with E-state index in [0.29, 0.717) is 0 Å². The number of ether oxygens (including phenoxy) is 3. The lowest BCUT2D eigenvalue weighted by molar-refractivity contribution is -0.389. The molecule has 1 atom stereocenters. The van der Waals surface area contributed by atoms with Crippen molar-refractivity contribution in [2.45, 2.75) is 13.2 Å². The third kappa shape index (κ3) is 8.41. The molecule has 3 rings (SSSR count). The van der Waals surface area contributed by atoms with Crippen LogP contribution in [0, 0.1) is 10.1 Å². The monoisotopic (exact) mass is 564 g/mol. The first kappa shape index (κ1) is 29.3. The minimum absolute atomic E-state index is 0.0202. The van der Waals surface area contributed by atoms with Gasteiger partial charge in [-0.25, -0.2) is 4.79 Å². The maximum atomic E-state index is 12.4. The molecule has 1 unspecified atom stereocenters. The quantitative estimate of drug-likeness (QED) is 0.0499. The van der Waals surface area contributed by atoms with E-state index in [1.165, 1.54) is 12.1 Å². The molecule has 3 heterocycles. The topological polar surface area (TPSA) is 281 Å². The number of nitrogens with one attached hydrogen (secondary N) is 6. The Morgan fingerprint density at radius 1 is 0.925 bits per heavy atom. The van der Waals surface area contributed by atoms with Crippen LogP contribution in [0.3, 0.4) is 0 Å². The van der Waals surface area contributed by atoms with Crippen molar-refractivity contribution in [3.63, 3.8) is 0 Å². The summed E-state index contributed by atoms with van der Waals surface area (Å²) >= 11 is 0. The molecule has 0 aliphatic rings. The smallest absolute Gasteiger partial charge is 0.361 e. The predicted molar refractivity (Wildman–Crippen MR) is 130 cm³/mol. The first-order valence-corrected chi connectivity index (χ1v) is 11.4. The lowest BCUT2D eigenvalue weighted by Gasteiger charge is -2.13. The highest BCUT2D eigenvalue weighted by molar-refractivity contribution is 6.05. The summed E-state index contributed by atoms with van der Waals surface area (Å²) in [6.45, 7) is 2.12. The van der Waals surface area contributed by atoms with Gasteiger partial charge in [-0.1, -0.05) is 5.10 Å². The number of H-pyrrole nitrogens is 3. The van der Waals surface area contributed by atoms with Gasteiger partial charge in [-0.2, -0.15) is 10.2 Å². The Balaban J connectivity index is 1.39. The van der Waals surface area contributed by atoms with Crippen LogP contribution in [-0.2, 0) is 19.0 Å². The highest BCUT2D eigenvalue weighted by atomic mass is 16.7. The normalized spacial score (nSPS) is 11.5. The number of carbonyl (C=O) groups excluding carboxylic acids is 3. The van der Waals surface area contributed by atoms with Gasteiger partial charge in [0.1, 0.15) is 11.4 Å². The van der Waals surface area contributed by atoms with Crippen molar-refractivity contribution in [3.05, 3.63) is 45.4 Å². The van der Waals surface area contributed by atoms with Gasteiger partial charge in [-0.05, 0) is 11.8 Å². The fourth-order valence-corrected chi connectivity index (χ4v) is 2.88. The Kier molecular flexibility index (Phi) is 10.3. The van der Waals surface area contributed by atoms with Gasteiger partial charge < -0.3 is 45.4 Å². The number of rotatable bonds is 16. The molecule has 20 heteroatoms. The first-order chi connectivity index (χ1) is 19.2. The molecule has 214 valence electrons. The Bertz CT molecular complexity index is 1350. The highest BCUT2D eigenvalue weighted by Gasteiger charge is 2.20. The second-order valence-electron chi connectivity index (χ2n) is 7.50. The Hall–Kier alpha value is -5.21. The molecule has 40 heavy (non-hydrogen) atoms. The van der Waals surface area contributed by atoms with Gasteiger partial charge in [0.15, 0.2) is 17.3 Å². The third-order valence-electron chi connectivity index (χ3n) is 4.67. The van der Waals surface area contributed by atoms with E-state index >= 15 is 0 Å². The third-order valence-corrected chi connectivity index (χ3v) is 4.67. The van der Waals surface area contributed by atoms with Crippen LogP contribution in [0.25, 0.3) is 0 Å². The molecule has 0 saturated heterocycles. The van der Waals surface area contributed by atoms with Crippen molar-refractivity contribution in [1.82, 2.24) is 35.9 Å². The molecule has 0 spiro atoms. The van der Waals surface area contributed by atoms with Gasteiger partial charge in [0.2, 0.25) is 0 Å². The van der Waals surface area contributed by atoms with E-state index in [1.807, 2.05) is 0 Å². The van der Waals surface area contributed by atoms with E-state index in [4.69, 9.17) is 19.3 Å². The van der Waals surface area contributed by atoms with E-state index in [1.54, 1.807) is 6.92 Å². The molecule has 0 saturated carbocycles. The number of aromatic amines is 3. The van der Waals surface area contributed by atoms with Crippen molar-refractivity contribution in [3.8, 4) is 0 Å². The second-order valence-corrected chi connectivity index (χ2v) is 7.50. The number of amides is 3. The van der Waals surface area contributed by atoms with Crippen molar-refractivity contribution in [1.29, 1.82) is 0 Å². The van der Waals surface area contributed by atoms with E-state index in [9.17, 15) is 29.3 Å². The fraction of sp³-hybridized carbons (Fsp3) is 0.350. The largest absolute Gasteiger partial charge is 0.477 e. The van der Waals surface area contributed by atoms with Gasteiger partial charge in [-0.3, -0.25) is 24.6 Å². The van der Waals surface area contributed by atoms with E-state index in [-0.39, 0.29) is 61.7 Å². The molecule has 20 nitrogen and oxygen atoms in total. The Labute approximate surface area is 223 Å².